The number of halogens is 1. The van der Waals surface area contributed by atoms with E-state index in [0.29, 0.717) is 0 Å². The Morgan fingerprint density at radius 2 is 1.89 bits per heavy atom. The summed E-state index contributed by atoms with van der Waals surface area (Å²) in [6, 6.07) is 3.40. The van der Waals surface area contributed by atoms with Crippen molar-refractivity contribution in [3.8, 4) is 0 Å². The third kappa shape index (κ3) is 2.98. The largest absolute Gasteiger partial charge is 0.480 e. The first-order valence-electron chi connectivity index (χ1n) is 5.30. The molecule has 7 heteroatoms. The number of nitrogens with zero attached hydrogens (tertiary/aromatic N) is 1. The molecule has 0 aliphatic heterocycles. The molecule has 0 bridgehead atoms. The summed E-state index contributed by atoms with van der Waals surface area (Å²) in [5, 5.41) is 8.95. The van der Waals surface area contributed by atoms with Crippen LogP contribution in [0.3, 0.4) is 0 Å². The molecule has 0 saturated carbocycles. The molecule has 0 heterocycles. The summed E-state index contributed by atoms with van der Waals surface area (Å²) in [4.78, 5) is 11.0. The molecule has 0 aliphatic rings. The van der Waals surface area contributed by atoms with Crippen molar-refractivity contribution in [3.63, 3.8) is 0 Å². The molecule has 0 amide bonds. The van der Waals surface area contributed by atoms with Crippen LogP contribution in [0, 0.1) is 5.82 Å². The van der Waals surface area contributed by atoms with Crippen molar-refractivity contribution >= 4 is 21.7 Å². The highest BCUT2D eigenvalue weighted by molar-refractivity contribution is 7.92. The molecule has 1 aromatic carbocycles. The standard InChI is InChI=1S/C11H14FNO4S/c1-3-18(16,17)13(8(2)11(14)15)10-6-4-9(12)5-7-10/h4-8H,3H2,1-2H3,(H,14,15). The number of anilines is 1. The Morgan fingerprint density at radius 1 is 1.39 bits per heavy atom. The second kappa shape index (κ2) is 5.34. The van der Waals surface area contributed by atoms with E-state index in [1.807, 2.05) is 0 Å². The molecule has 0 aromatic heterocycles. The van der Waals surface area contributed by atoms with E-state index < -0.39 is 27.9 Å². The molecule has 5 nitrogen and oxygen atoms in total. The van der Waals surface area contributed by atoms with Crippen molar-refractivity contribution in [1.29, 1.82) is 0 Å². The van der Waals surface area contributed by atoms with Gasteiger partial charge < -0.3 is 5.11 Å². The molecule has 1 atom stereocenters. The lowest BCUT2D eigenvalue weighted by Crippen LogP contribution is -2.44. The van der Waals surface area contributed by atoms with E-state index in [-0.39, 0.29) is 11.4 Å². The zero-order valence-electron chi connectivity index (χ0n) is 10.00. The highest BCUT2D eigenvalue weighted by atomic mass is 32.2. The average molecular weight is 275 g/mol. The number of carboxylic acid groups (broad SMARTS) is 1. The van der Waals surface area contributed by atoms with Crippen molar-refractivity contribution < 1.29 is 22.7 Å². The number of rotatable bonds is 5. The summed E-state index contributed by atoms with van der Waals surface area (Å²) in [7, 11) is -3.74. The number of carboxylic acids is 1. The maximum atomic E-state index is 12.8. The van der Waals surface area contributed by atoms with Gasteiger partial charge in [0.2, 0.25) is 10.0 Å². The van der Waals surface area contributed by atoms with E-state index in [1.54, 1.807) is 0 Å². The van der Waals surface area contributed by atoms with Crippen LogP contribution in [0.25, 0.3) is 0 Å². The lowest BCUT2D eigenvalue weighted by atomic mass is 10.2. The van der Waals surface area contributed by atoms with E-state index >= 15 is 0 Å². The fraction of sp³-hybridized carbons (Fsp3) is 0.364. The van der Waals surface area contributed by atoms with E-state index in [2.05, 4.69) is 0 Å². The lowest BCUT2D eigenvalue weighted by molar-refractivity contribution is -0.137. The van der Waals surface area contributed by atoms with E-state index in [0.717, 1.165) is 16.4 Å². The fourth-order valence-corrected chi connectivity index (χ4v) is 2.75. The van der Waals surface area contributed by atoms with Crippen LogP contribution in [-0.4, -0.2) is 31.3 Å². The number of aliphatic carboxylic acids is 1. The van der Waals surface area contributed by atoms with Gasteiger partial charge in [-0.3, -0.25) is 4.31 Å². The number of hydrogen-bond donors (Lipinski definition) is 1. The Kier molecular flexibility index (Phi) is 4.28. The minimum atomic E-state index is -3.74. The summed E-state index contributed by atoms with van der Waals surface area (Å²) in [6.45, 7) is 2.68. The first kappa shape index (κ1) is 14.4. The maximum absolute atomic E-state index is 12.8. The van der Waals surface area contributed by atoms with Crippen LogP contribution in [0.2, 0.25) is 0 Å². The van der Waals surface area contributed by atoms with Crippen LogP contribution in [0.5, 0.6) is 0 Å². The average Bonchev–Trinajstić information content (AvgIpc) is 2.31. The van der Waals surface area contributed by atoms with Gasteiger partial charge in [-0.1, -0.05) is 0 Å². The van der Waals surface area contributed by atoms with Crippen molar-refractivity contribution in [2.75, 3.05) is 10.1 Å². The van der Waals surface area contributed by atoms with Gasteiger partial charge in [0.1, 0.15) is 11.9 Å². The molecule has 1 N–H and O–H groups in total. The molecule has 0 saturated heterocycles. The first-order valence-corrected chi connectivity index (χ1v) is 6.91. The molecule has 100 valence electrons. The maximum Gasteiger partial charge on any atom is 0.327 e. The predicted octanol–water partition coefficient (Wildman–Crippen LogP) is 1.45. The number of hydrogen-bond acceptors (Lipinski definition) is 3. The van der Waals surface area contributed by atoms with Crippen LogP contribution in [-0.2, 0) is 14.8 Å². The van der Waals surface area contributed by atoms with Crippen molar-refractivity contribution in [2.45, 2.75) is 19.9 Å². The second-order valence-corrected chi connectivity index (χ2v) is 5.82. The Balaban J connectivity index is 3.29. The zero-order chi connectivity index (χ0) is 13.9. The van der Waals surface area contributed by atoms with Gasteiger partial charge in [-0.25, -0.2) is 17.6 Å². The van der Waals surface area contributed by atoms with Gasteiger partial charge in [-0.2, -0.15) is 0 Å². The minimum Gasteiger partial charge on any atom is -0.480 e. The van der Waals surface area contributed by atoms with Gasteiger partial charge in [0, 0.05) is 0 Å². The van der Waals surface area contributed by atoms with Crippen LogP contribution >= 0.6 is 0 Å². The summed E-state index contributed by atoms with van der Waals surface area (Å²) in [5.41, 5.74) is 0.133. The lowest BCUT2D eigenvalue weighted by Gasteiger charge is -2.27. The SMILES string of the molecule is CCS(=O)(=O)N(c1ccc(F)cc1)C(C)C(=O)O. The first-order chi connectivity index (χ1) is 8.29. The molecule has 1 rings (SSSR count). The van der Waals surface area contributed by atoms with Crippen molar-refractivity contribution in [3.05, 3.63) is 30.1 Å². The molecule has 1 aromatic rings. The fourth-order valence-electron chi connectivity index (χ4n) is 1.45. The van der Waals surface area contributed by atoms with Crippen LogP contribution < -0.4 is 4.31 Å². The summed E-state index contributed by atoms with van der Waals surface area (Å²) < 4.78 is 37.4. The molecule has 18 heavy (non-hydrogen) atoms. The molecule has 0 spiro atoms. The number of benzene rings is 1. The van der Waals surface area contributed by atoms with Gasteiger partial charge in [-0.05, 0) is 38.1 Å². The third-order valence-corrected chi connectivity index (χ3v) is 4.31. The van der Waals surface area contributed by atoms with Crippen molar-refractivity contribution in [2.24, 2.45) is 0 Å². The quantitative estimate of drug-likeness (QED) is 0.882. The number of sulfonamides is 1. The molecule has 0 radical (unpaired) electrons. The monoisotopic (exact) mass is 275 g/mol. The Labute approximate surface area is 105 Å². The molecular formula is C11H14FNO4S. The van der Waals surface area contributed by atoms with Gasteiger partial charge in [0.25, 0.3) is 0 Å². The zero-order valence-corrected chi connectivity index (χ0v) is 10.8. The minimum absolute atomic E-state index is 0.133. The van der Waals surface area contributed by atoms with Gasteiger partial charge >= 0.3 is 5.97 Å². The van der Waals surface area contributed by atoms with E-state index in [4.69, 9.17) is 5.11 Å². The van der Waals surface area contributed by atoms with Crippen LogP contribution in [0.15, 0.2) is 24.3 Å². The Bertz CT molecular complexity index is 526. The van der Waals surface area contributed by atoms with Gasteiger partial charge in [0.05, 0.1) is 11.4 Å². The molecular weight excluding hydrogens is 261 g/mol. The van der Waals surface area contributed by atoms with E-state index in [9.17, 15) is 17.6 Å². The normalized spacial score (nSPS) is 13.1. The van der Waals surface area contributed by atoms with Crippen molar-refractivity contribution in [1.82, 2.24) is 0 Å². The smallest absolute Gasteiger partial charge is 0.327 e. The van der Waals surface area contributed by atoms with Crippen LogP contribution in [0.1, 0.15) is 13.8 Å². The third-order valence-electron chi connectivity index (χ3n) is 2.45. The summed E-state index contributed by atoms with van der Waals surface area (Å²) >= 11 is 0. The number of carbonyl (C=O) groups is 1. The summed E-state index contributed by atoms with van der Waals surface area (Å²) in [6.07, 6.45) is 0. The summed E-state index contributed by atoms with van der Waals surface area (Å²) in [5.74, 6) is -2.02. The Morgan fingerprint density at radius 3 is 2.28 bits per heavy atom. The molecule has 0 aliphatic carbocycles. The Hall–Kier alpha value is -1.63. The predicted molar refractivity (Wildman–Crippen MR) is 65.4 cm³/mol. The highest BCUT2D eigenvalue weighted by Gasteiger charge is 2.30. The van der Waals surface area contributed by atoms with Crippen LogP contribution in [0.4, 0.5) is 10.1 Å². The van der Waals surface area contributed by atoms with E-state index in [1.165, 1.54) is 26.0 Å². The van der Waals surface area contributed by atoms with Gasteiger partial charge in [-0.15, -0.1) is 0 Å². The molecule has 1 unspecified atom stereocenters. The molecule has 0 fully saturated rings. The van der Waals surface area contributed by atoms with Gasteiger partial charge in [0.15, 0.2) is 0 Å². The topological polar surface area (TPSA) is 74.7 Å². The highest BCUT2D eigenvalue weighted by Crippen LogP contribution is 2.22. The second-order valence-electron chi connectivity index (χ2n) is 3.69.